The van der Waals surface area contributed by atoms with Gasteiger partial charge in [0.05, 0.1) is 11.8 Å². The number of hydroxylamine groups is 1. The number of amides is 1. The summed E-state index contributed by atoms with van der Waals surface area (Å²) in [4.78, 5) is 15.5. The highest BCUT2D eigenvalue weighted by atomic mass is 16.5. The van der Waals surface area contributed by atoms with Crippen LogP contribution in [0.5, 0.6) is 0 Å². The molecule has 2 N–H and O–H groups in total. The second-order valence-corrected chi connectivity index (χ2v) is 5.69. The Hall–Kier alpha value is -2.71. The van der Waals surface area contributed by atoms with E-state index in [4.69, 9.17) is 5.21 Å². The molecule has 5 heteroatoms. The number of unbranched alkanes of at least 4 members (excludes halogenated alkanes) is 2. The average molecular weight is 323 g/mol. The van der Waals surface area contributed by atoms with Crippen molar-refractivity contribution < 1.29 is 10.0 Å². The molecule has 1 aromatic carbocycles. The number of aromatic nitrogens is 1. The van der Waals surface area contributed by atoms with Gasteiger partial charge in [0.25, 0.3) is 0 Å². The quantitative estimate of drug-likeness (QED) is 0.443. The van der Waals surface area contributed by atoms with Crippen LogP contribution in [0.4, 0.5) is 0 Å². The van der Waals surface area contributed by atoms with Crippen molar-refractivity contribution in [1.82, 2.24) is 10.5 Å². The molecule has 1 amide bonds. The molecule has 0 fully saturated rings. The van der Waals surface area contributed by atoms with Crippen molar-refractivity contribution in [2.24, 2.45) is 0 Å². The van der Waals surface area contributed by atoms with E-state index in [0.29, 0.717) is 12.8 Å². The standard InChI is InChI=1S/C19H21N3O2/c20-15-19(16-9-3-1-4-10-16,17-11-6-8-14-21-17)13-7-2-5-12-18(23)22-24/h1,3-4,6,8-11,14,24H,2,5,7,12-13H2,(H,22,23). The fourth-order valence-corrected chi connectivity index (χ4v) is 2.84. The minimum absolute atomic E-state index is 0.283. The number of benzene rings is 1. The molecule has 2 rings (SSSR count). The van der Waals surface area contributed by atoms with Gasteiger partial charge in [-0.15, -0.1) is 0 Å². The molecular weight excluding hydrogens is 302 g/mol. The summed E-state index contributed by atoms with van der Waals surface area (Å²) < 4.78 is 0. The smallest absolute Gasteiger partial charge is 0.243 e. The monoisotopic (exact) mass is 323 g/mol. The molecule has 0 spiro atoms. The van der Waals surface area contributed by atoms with Gasteiger partial charge in [-0.2, -0.15) is 5.26 Å². The molecule has 2 aromatic rings. The van der Waals surface area contributed by atoms with E-state index >= 15 is 0 Å². The van der Waals surface area contributed by atoms with E-state index in [1.165, 1.54) is 0 Å². The van der Waals surface area contributed by atoms with Crippen LogP contribution in [0.3, 0.4) is 0 Å². The van der Waals surface area contributed by atoms with Gasteiger partial charge in [-0.25, -0.2) is 5.48 Å². The van der Waals surface area contributed by atoms with Gasteiger partial charge in [-0.3, -0.25) is 15.0 Å². The first-order chi connectivity index (χ1) is 11.7. The Morgan fingerprint density at radius 2 is 1.88 bits per heavy atom. The highest BCUT2D eigenvalue weighted by Gasteiger charge is 2.35. The molecule has 0 aliphatic rings. The normalized spacial score (nSPS) is 12.8. The van der Waals surface area contributed by atoms with Gasteiger partial charge in [0.15, 0.2) is 0 Å². The third-order valence-corrected chi connectivity index (χ3v) is 4.14. The SMILES string of the molecule is N#CC(CCCCCC(=O)NO)(c1ccccc1)c1ccccn1. The summed E-state index contributed by atoms with van der Waals surface area (Å²) in [5.41, 5.74) is 2.52. The first kappa shape index (κ1) is 17.6. The molecule has 0 saturated heterocycles. The van der Waals surface area contributed by atoms with E-state index in [0.717, 1.165) is 24.1 Å². The molecule has 1 aromatic heterocycles. The zero-order valence-corrected chi connectivity index (χ0v) is 13.5. The maximum absolute atomic E-state index is 11.0. The Kier molecular flexibility index (Phi) is 6.47. The summed E-state index contributed by atoms with van der Waals surface area (Å²) >= 11 is 0. The van der Waals surface area contributed by atoms with Gasteiger partial charge >= 0.3 is 0 Å². The number of carbonyl (C=O) groups is 1. The van der Waals surface area contributed by atoms with Crippen LogP contribution in [0.25, 0.3) is 0 Å². The lowest BCUT2D eigenvalue weighted by Gasteiger charge is -2.26. The zero-order chi connectivity index (χ0) is 17.3. The van der Waals surface area contributed by atoms with Crippen molar-refractivity contribution in [3.8, 4) is 6.07 Å². The first-order valence-corrected chi connectivity index (χ1v) is 8.04. The van der Waals surface area contributed by atoms with Crippen molar-refractivity contribution in [3.05, 3.63) is 66.0 Å². The zero-order valence-electron chi connectivity index (χ0n) is 13.5. The van der Waals surface area contributed by atoms with Gasteiger partial charge < -0.3 is 0 Å². The molecule has 1 heterocycles. The molecule has 1 unspecified atom stereocenters. The Morgan fingerprint density at radius 1 is 1.12 bits per heavy atom. The third-order valence-electron chi connectivity index (χ3n) is 4.14. The van der Waals surface area contributed by atoms with Gasteiger partial charge in [0.1, 0.15) is 5.41 Å². The number of hydrogen-bond acceptors (Lipinski definition) is 4. The summed E-state index contributed by atoms with van der Waals surface area (Å²) in [5.74, 6) is -0.380. The second kappa shape index (κ2) is 8.80. The topological polar surface area (TPSA) is 86.0 Å². The Bertz CT molecular complexity index is 641. The number of rotatable bonds is 8. The summed E-state index contributed by atoms with van der Waals surface area (Å²) in [6, 6.07) is 17.8. The Morgan fingerprint density at radius 3 is 2.50 bits per heavy atom. The van der Waals surface area contributed by atoms with Crippen LogP contribution in [0.15, 0.2) is 54.7 Å². The van der Waals surface area contributed by atoms with Crippen molar-refractivity contribution in [3.63, 3.8) is 0 Å². The second-order valence-electron chi connectivity index (χ2n) is 5.69. The van der Waals surface area contributed by atoms with Crippen molar-refractivity contribution in [2.45, 2.75) is 37.5 Å². The third kappa shape index (κ3) is 4.18. The van der Waals surface area contributed by atoms with Crippen LogP contribution in [-0.4, -0.2) is 16.1 Å². The van der Waals surface area contributed by atoms with Crippen LogP contribution in [-0.2, 0) is 10.2 Å². The highest BCUT2D eigenvalue weighted by Crippen LogP contribution is 2.35. The van der Waals surface area contributed by atoms with E-state index in [2.05, 4.69) is 11.1 Å². The number of nitrogens with zero attached hydrogens (tertiary/aromatic N) is 2. The van der Waals surface area contributed by atoms with E-state index in [1.54, 1.807) is 11.7 Å². The molecule has 1 atom stereocenters. The molecular formula is C19H21N3O2. The summed E-state index contributed by atoms with van der Waals surface area (Å²) in [6.07, 6.45) is 4.88. The number of nitrogens with one attached hydrogen (secondary N) is 1. The molecule has 124 valence electrons. The van der Waals surface area contributed by atoms with Gasteiger partial charge in [-0.1, -0.05) is 49.2 Å². The van der Waals surface area contributed by atoms with E-state index in [9.17, 15) is 10.1 Å². The van der Waals surface area contributed by atoms with Crippen molar-refractivity contribution in [2.75, 3.05) is 0 Å². The maximum atomic E-state index is 11.0. The molecule has 0 aliphatic carbocycles. The molecule has 0 aliphatic heterocycles. The fraction of sp³-hybridized carbons (Fsp3) is 0.316. The van der Waals surface area contributed by atoms with Crippen LogP contribution in [0, 0.1) is 11.3 Å². The number of pyridine rings is 1. The van der Waals surface area contributed by atoms with Crippen LogP contribution in [0.1, 0.15) is 43.4 Å². The average Bonchev–Trinajstić information content (AvgIpc) is 2.66. The molecule has 0 saturated carbocycles. The van der Waals surface area contributed by atoms with Crippen LogP contribution in [0.2, 0.25) is 0 Å². The van der Waals surface area contributed by atoms with Crippen LogP contribution < -0.4 is 5.48 Å². The molecule has 5 nitrogen and oxygen atoms in total. The molecule has 24 heavy (non-hydrogen) atoms. The number of hydrogen-bond donors (Lipinski definition) is 2. The predicted molar refractivity (Wildman–Crippen MR) is 90.1 cm³/mol. The van der Waals surface area contributed by atoms with Gasteiger partial charge in [-0.05, 0) is 30.5 Å². The Balaban J connectivity index is 2.15. The van der Waals surface area contributed by atoms with Crippen molar-refractivity contribution >= 4 is 5.91 Å². The fourth-order valence-electron chi connectivity index (χ4n) is 2.84. The van der Waals surface area contributed by atoms with E-state index < -0.39 is 5.41 Å². The van der Waals surface area contributed by atoms with Gasteiger partial charge in [0, 0.05) is 12.6 Å². The first-order valence-electron chi connectivity index (χ1n) is 8.04. The maximum Gasteiger partial charge on any atom is 0.243 e. The highest BCUT2D eigenvalue weighted by molar-refractivity contribution is 5.74. The van der Waals surface area contributed by atoms with E-state index in [-0.39, 0.29) is 12.3 Å². The minimum Gasteiger partial charge on any atom is -0.289 e. The molecule has 0 bridgehead atoms. The van der Waals surface area contributed by atoms with Crippen molar-refractivity contribution in [1.29, 1.82) is 5.26 Å². The van der Waals surface area contributed by atoms with Gasteiger partial charge in [0.2, 0.25) is 5.91 Å². The summed E-state index contributed by atoms with van der Waals surface area (Å²) in [6.45, 7) is 0. The number of carbonyl (C=O) groups excluding carboxylic acids is 1. The predicted octanol–water partition coefficient (Wildman–Crippen LogP) is 3.35. The lowest BCUT2D eigenvalue weighted by Crippen LogP contribution is -2.27. The lowest BCUT2D eigenvalue weighted by atomic mass is 9.74. The summed E-state index contributed by atoms with van der Waals surface area (Å²) in [7, 11) is 0. The minimum atomic E-state index is -0.790. The number of nitriles is 1. The van der Waals surface area contributed by atoms with E-state index in [1.807, 2.05) is 48.5 Å². The largest absolute Gasteiger partial charge is 0.289 e. The van der Waals surface area contributed by atoms with Crippen LogP contribution >= 0.6 is 0 Å². The lowest BCUT2D eigenvalue weighted by molar-refractivity contribution is -0.129. The molecule has 0 radical (unpaired) electrons. The summed E-state index contributed by atoms with van der Waals surface area (Å²) in [5, 5.41) is 18.5. The Labute approximate surface area is 141 Å².